The van der Waals surface area contributed by atoms with Crippen molar-refractivity contribution in [1.29, 1.82) is 0 Å². The first-order valence-corrected chi connectivity index (χ1v) is 4.57. The molecule has 2 N–H and O–H groups in total. The van der Waals surface area contributed by atoms with Crippen molar-refractivity contribution < 1.29 is 10.2 Å². The lowest BCUT2D eigenvalue weighted by Gasteiger charge is -2.08. The summed E-state index contributed by atoms with van der Waals surface area (Å²) in [6.07, 6.45) is 0.518. The van der Waals surface area contributed by atoms with Crippen molar-refractivity contribution in [2.75, 3.05) is 6.61 Å². The molecule has 0 saturated carbocycles. The number of hydrogen-bond acceptors (Lipinski definition) is 2. The second-order valence-corrected chi connectivity index (χ2v) is 3.52. The molecular weight excluding hydrogens is 164 g/mol. The van der Waals surface area contributed by atoms with Crippen LogP contribution in [0.15, 0.2) is 18.2 Å². The summed E-state index contributed by atoms with van der Waals surface area (Å²) < 4.78 is 0. The number of benzene rings is 1. The van der Waals surface area contributed by atoms with E-state index in [2.05, 4.69) is 13.8 Å². The van der Waals surface area contributed by atoms with E-state index < -0.39 is 0 Å². The summed E-state index contributed by atoms with van der Waals surface area (Å²) >= 11 is 0. The Morgan fingerprint density at radius 1 is 1.31 bits per heavy atom. The van der Waals surface area contributed by atoms with Gasteiger partial charge in [-0.2, -0.15) is 0 Å². The fourth-order valence-electron chi connectivity index (χ4n) is 1.27. The Balaban J connectivity index is 2.92. The minimum atomic E-state index is 0.0780. The molecule has 2 heteroatoms. The lowest BCUT2D eigenvalue weighted by atomic mass is 10.00. The normalized spacial score (nSPS) is 10.8. The third-order valence-corrected chi connectivity index (χ3v) is 2.16. The number of phenols is 1. The van der Waals surface area contributed by atoms with Gasteiger partial charge in [-0.05, 0) is 29.5 Å². The van der Waals surface area contributed by atoms with Crippen molar-refractivity contribution in [3.8, 4) is 5.75 Å². The van der Waals surface area contributed by atoms with Crippen LogP contribution in [0.2, 0.25) is 0 Å². The molecule has 1 aromatic rings. The Bertz CT molecular complexity index is 279. The van der Waals surface area contributed by atoms with E-state index in [1.807, 2.05) is 12.1 Å². The summed E-state index contributed by atoms with van der Waals surface area (Å²) in [4.78, 5) is 0. The molecule has 0 spiro atoms. The maximum Gasteiger partial charge on any atom is 0.119 e. The van der Waals surface area contributed by atoms with E-state index in [9.17, 15) is 5.11 Å². The number of phenolic OH excluding ortho intramolecular Hbond substituents is 1. The predicted molar refractivity (Wildman–Crippen MR) is 53.0 cm³/mol. The monoisotopic (exact) mass is 180 g/mol. The van der Waals surface area contributed by atoms with E-state index >= 15 is 0 Å². The summed E-state index contributed by atoms with van der Waals surface area (Å²) in [5, 5.41) is 18.3. The molecule has 0 unspecified atom stereocenters. The predicted octanol–water partition coefficient (Wildman–Crippen LogP) is 2.05. The maximum atomic E-state index is 9.56. The van der Waals surface area contributed by atoms with Gasteiger partial charge in [-0.25, -0.2) is 0 Å². The molecule has 0 aliphatic rings. The van der Waals surface area contributed by atoms with Gasteiger partial charge in [0.1, 0.15) is 5.75 Å². The second kappa shape index (κ2) is 4.28. The highest BCUT2D eigenvalue weighted by Gasteiger charge is 2.04. The van der Waals surface area contributed by atoms with Gasteiger partial charge in [0.15, 0.2) is 0 Å². The van der Waals surface area contributed by atoms with Crippen molar-refractivity contribution in [2.45, 2.75) is 26.2 Å². The molecule has 0 atom stereocenters. The zero-order valence-corrected chi connectivity index (χ0v) is 8.12. The lowest BCUT2D eigenvalue weighted by molar-refractivity contribution is 0.297. The molecule has 1 rings (SSSR count). The lowest BCUT2D eigenvalue weighted by Crippen LogP contribution is -1.93. The van der Waals surface area contributed by atoms with Gasteiger partial charge in [0.2, 0.25) is 0 Å². The van der Waals surface area contributed by atoms with Crippen molar-refractivity contribution in [3.63, 3.8) is 0 Å². The molecule has 0 bridgehead atoms. The fraction of sp³-hybridized carbons (Fsp3) is 0.455. The van der Waals surface area contributed by atoms with Crippen LogP contribution in [0.1, 0.15) is 30.9 Å². The maximum absolute atomic E-state index is 9.56. The molecule has 0 amide bonds. The van der Waals surface area contributed by atoms with Crippen LogP contribution in [0.4, 0.5) is 0 Å². The summed E-state index contributed by atoms with van der Waals surface area (Å²) in [7, 11) is 0. The van der Waals surface area contributed by atoms with Crippen LogP contribution in [0.5, 0.6) is 5.75 Å². The molecule has 1 aromatic carbocycles. The van der Waals surface area contributed by atoms with Crippen molar-refractivity contribution in [3.05, 3.63) is 29.3 Å². The molecule has 0 radical (unpaired) electrons. The van der Waals surface area contributed by atoms with E-state index in [0.717, 1.165) is 11.1 Å². The van der Waals surface area contributed by atoms with E-state index in [0.29, 0.717) is 18.1 Å². The van der Waals surface area contributed by atoms with Crippen LogP contribution in [-0.4, -0.2) is 16.8 Å². The third-order valence-electron chi connectivity index (χ3n) is 2.16. The van der Waals surface area contributed by atoms with Crippen LogP contribution in [0.25, 0.3) is 0 Å². The smallest absolute Gasteiger partial charge is 0.119 e. The van der Waals surface area contributed by atoms with Gasteiger partial charge >= 0.3 is 0 Å². The quantitative estimate of drug-likeness (QED) is 0.747. The Morgan fingerprint density at radius 2 is 2.00 bits per heavy atom. The molecule has 13 heavy (non-hydrogen) atoms. The van der Waals surface area contributed by atoms with Crippen LogP contribution in [0, 0.1) is 0 Å². The van der Waals surface area contributed by atoms with Crippen LogP contribution in [0.3, 0.4) is 0 Å². The van der Waals surface area contributed by atoms with Crippen LogP contribution in [-0.2, 0) is 6.42 Å². The molecule has 0 heterocycles. The van der Waals surface area contributed by atoms with Crippen LogP contribution >= 0.6 is 0 Å². The SMILES string of the molecule is CC(C)c1ccc(CCO)c(O)c1. The van der Waals surface area contributed by atoms with Crippen molar-refractivity contribution in [1.82, 2.24) is 0 Å². The first kappa shape index (κ1) is 10.1. The topological polar surface area (TPSA) is 40.5 Å². The van der Waals surface area contributed by atoms with E-state index in [-0.39, 0.29) is 6.61 Å². The molecule has 0 aromatic heterocycles. The van der Waals surface area contributed by atoms with E-state index in [1.165, 1.54) is 0 Å². The molecule has 0 fully saturated rings. The minimum Gasteiger partial charge on any atom is -0.508 e. The van der Waals surface area contributed by atoms with Crippen molar-refractivity contribution in [2.24, 2.45) is 0 Å². The molecule has 0 saturated heterocycles. The van der Waals surface area contributed by atoms with Gasteiger partial charge in [-0.15, -0.1) is 0 Å². The second-order valence-electron chi connectivity index (χ2n) is 3.52. The number of aliphatic hydroxyl groups is 1. The highest BCUT2D eigenvalue weighted by atomic mass is 16.3. The molecule has 0 aliphatic carbocycles. The van der Waals surface area contributed by atoms with Gasteiger partial charge in [0, 0.05) is 6.61 Å². The van der Waals surface area contributed by atoms with E-state index in [4.69, 9.17) is 5.11 Å². The summed E-state index contributed by atoms with van der Waals surface area (Å²) in [6.45, 7) is 4.25. The van der Waals surface area contributed by atoms with Gasteiger partial charge < -0.3 is 10.2 Å². The number of aromatic hydroxyl groups is 1. The zero-order chi connectivity index (χ0) is 9.84. The Hall–Kier alpha value is -1.02. The standard InChI is InChI=1S/C11H16O2/c1-8(2)10-4-3-9(5-6-12)11(13)7-10/h3-4,7-8,12-13H,5-6H2,1-2H3. The third kappa shape index (κ3) is 2.46. The fourth-order valence-corrected chi connectivity index (χ4v) is 1.27. The molecule has 72 valence electrons. The van der Waals surface area contributed by atoms with Gasteiger partial charge in [0.05, 0.1) is 0 Å². The first-order chi connectivity index (χ1) is 6.15. The Kier molecular flexibility index (Phi) is 3.32. The van der Waals surface area contributed by atoms with Gasteiger partial charge in [0.25, 0.3) is 0 Å². The summed E-state index contributed by atoms with van der Waals surface area (Å²) in [5.74, 6) is 0.717. The highest BCUT2D eigenvalue weighted by Crippen LogP contribution is 2.23. The number of rotatable bonds is 3. The average molecular weight is 180 g/mol. The number of hydrogen-bond donors (Lipinski definition) is 2. The zero-order valence-electron chi connectivity index (χ0n) is 8.12. The van der Waals surface area contributed by atoms with Crippen LogP contribution < -0.4 is 0 Å². The molecular formula is C11H16O2. The van der Waals surface area contributed by atoms with Gasteiger partial charge in [-0.3, -0.25) is 0 Å². The molecule has 2 nitrogen and oxygen atoms in total. The minimum absolute atomic E-state index is 0.0780. The van der Waals surface area contributed by atoms with E-state index in [1.54, 1.807) is 6.07 Å². The average Bonchev–Trinajstić information content (AvgIpc) is 2.08. The first-order valence-electron chi connectivity index (χ1n) is 4.57. The Labute approximate surface area is 78.8 Å². The molecule has 0 aliphatic heterocycles. The Morgan fingerprint density at radius 3 is 2.46 bits per heavy atom. The van der Waals surface area contributed by atoms with Gasteiger partial charge in [-0.1, -0.05) is 26.0 Å². The summed E-state index contributed by atoms with van der Waals surface area (Å²) in [6, 6.07) is 5.64. The van der Waals surface area contributed by atoms with Crippen molar-refractivity contribution >= 4 is 0 Å². The number of aliphatic hydroxyl groups excluding tert-OH is 1. The largest absolute Gasteiger partial charge is 0.508 e. The summed E-state index contributed by atoms with van der Waals surface area (Å²) in [5.41, 5.74) is 1.94. The highest BCUT2D eigenvalue weighted by molar-refractivity contribution is 5.37.